The van der Waals surface area contributed by atoms with Gasteiger partial charge in [-0.3, -0.25) is 9.69 Å². The highest BCUT2D eigenvalue weighted by atomic mass is 28.4. The van der Waals surface area contributed by atoms with Crippen LogP contribution in [-0.2, 0) is 20.5 Å². The molecule has 0 bridgehead atoms. The van der Waals surface area contributed by atoms with Crippen molar-refractivity contribution in [2.75, 3.05) is 26.3 Å². The summed E-state index contributed by atoms with van der Waals surface area (Å²) in [7, 11) is -1.76. The number of hydrogen-bond acceptors (Lipinski definition) is 4. The van der Waals surface area contributed by atoms with E-state index in [1.54, 1.807) is 0 Å². The van der Waals surface area contributed by atoms with E-state index >= 15 is 0 Å². The summed E-state index contributed by atoms with van der Waals surface area (Å²) in [6.45, 7) is 15.8. The minimum absolute atomic E-state index is 0.180. The number of carbonyl (C=O) groups excluding carboxylic acids is 1. The predicted molar refractivity (Wildman–Crippen MR) is 102 cm³/mol. The highest BCUT2D eigenvalue weighted by Gasteiger charge is 2.37. The van der Waals surface area contributed by atoms with Gasteiger partial charge in [0.15, 0.2) is 8.32 Å². The summed E-state index contributed by atoms with van der Waals surface area (Å²) in [5.74, 6) is -0.180. The number of benzene rings is 1. The van der Waals surface area contributed by atoms with E-state index < -0.39 is 8.32 Å². The molecule has 136 valence electrons. The summed E-state index contributed by atoms with van der Waals surface area (Å²) in [5.41, 5.74) is 1.19. The van der Waals surface area contributed by atoms with Gasteiger partial charge in [0.2, 0.25) is 0 Å². The molecule has 0 spiro atoms. The SMILES string of the molecule is CCOC(=O)CN(CCO[Si](C)(C)C(C)(C)C)Cc1ccccc1. The molecule has 0 radical (unpaired) electrons. The lowest BCUT2D eigenvalue weighted by molar-refractivity contribution is -0.144. The topological polar surface area (TPSA) is 38.8 Å². The molecule has 1 aromatic carbocycles. The molecule has 0 fully saturated rings. The van der Waals surface area contributed by atoms with E-state index in [2.05, 4.69) is 50.9 Å². The molecular formula is C19H33NO3Si. The molecule has 5 heteroatoms. The fraction of sp³-hybridized carbons (Fsp3) is 0.632. The number of ether oxygens (including phenoxy) is 1. The molecule has 4 nitrogen and oxygen atoms in total. The summed E-state index contributed by atoms with van der Waals surface area (Å²) in [6, 6.07) is 10.2. The highest BCUT2D eigenvalue weighted by molar-refractivity contribution is 6.74. The van der Waals surface area contributed by atoms with Gasteiger partial charge in [-0.15, -0.1) is 0 Å². The van der Waals surface area contributed by atoms with Crippen molar-refractivity contribution in [1.29, 1.82) is 0 Å². The molecule has 0 atom stereocenters. The van der Waals surface area contributed by atoms with Crippen molar-refractivity contribution < 1.29 is 14.0 Å². The summed E-state index contributed by atoms with van der Waals surface area (Å²) in [6.07, 6.45) is 0. The van der Waals surface area contributed by atoms with Crippen LogP contribution in [-0.4, -0.2) is 45.5 Å². The van der Waals surface area contributed by atoms with E-state index in [-0.39, 0.29) is 11.0 Å². The smallest absolute Gasteiger partial charge is 0.320 e. The first-order valence-electron chi connectivity index (χ1n) is 8.71. The van der Waals surface area contributed by atoms with Gasteiger partial charge >= 0.3 is 5.97 Å². The predicted octanol–water partition coefficient (Wildman–Crippen LogP) is 4.07. The minimum Gasteiger partial charge on any atom is -0.465 e. The van der Waals surface area contributed by atoms with E-state index in [0.717, 1.165) is 13.1 Å². The van der Waals surface area contributed by atoms with Gasteiger partial charge in [0.25, 0.3) is 0 Å². The van der Waals surface area contributed by atoms with E-state index in [4.69, 9.17) is 9.16 Å². The Labute approximate surface area is 148 Å². The van der Waals surface area contributed by atoms with Gasteiger partial charge in [0.1, 0.15) is 0 Å². The van der Waals surface area contributed by atoms with Crippen molar-refractivity contribution in [2.45, 2.75) is 52.4 Å². The van der Waals surface area contributed by atoms with Crippen LogP contribution >= 0.6 is 0 Å². The van der Waals surface area contributed by atoms with Crippen LogP contribution < -0.4 is 0 Å². The van der Waals surface area contributed by atoms with Crippen LogP contribution in [0, 0.1) is 0 Å². The molecule has 0 aliphatic rings. The third kappa shape index (κ3) is 7.15. The Morgan fingerprint density at radius 2 is 1.79 bits per heavy atom. The third-order valence-corrected chi connectivity index (χ3v) is 9.12. The van der Waals surface area contributed by atoms with Gasteiger partial charge in [-0.05, 0) is 30.6 Å². The second-order valence-corrected chi connectivity index (χ2v) is 12.4. The maximum Gasteiger partial charge on any atom is 0.320 e. The Kier molecular flexibility index (Phi) is 8.13. The second-order valence-electron chi connectivity index (χ2n) is 7.61. The van der Waals surface area contributed by atoms with Crippen molar-refractivity contribution in [3.8, 4) is 0 Å². The van der Waals surface area contributed by atoms with Crippen molar-refractivity contribution in [3.05, 3.63) is 35.9 Å². The van der Waals surface area contributed by atoms with Gasteiger partial charge in [-0.2, -0.15) is 0 Å². The third-order valence-electron chi connectivity index (χ3n) is 4.58. The standard InChI is InChI=1S/C19H33NO3Si/c1-7-22-18(21)16-20(15-17-11-9-8-10-12-17)13-14-23-24(5,6)19(2,3)4/h8-12H,7,13-16H2,1-6H3. The largest absolute Gasteiger partial charge is 0.465 e. The molecule has 0 aliphatic heterocycles. The second kappa shape index (κ2) is 9.35. The number of rotatable bonds is 9. The average molecular weight is 352 g/mol. The lowest BCUT2D eigenvalue weighted by Crippen LogP contribution is -2.43. The summed E-state index contributed by atoms with van der Waals surface area (Å²) >= 11 is 0. The van der Waals surface area contributed by atoms with Crippen LogP contribution in [0.2, 0.25) is 18.1 Å². The van der Waals surface area contributed by atoms with Gasteiger partial charge in [0, 0.05) is 19.7 Å². The van der Waals surface area contributed by atoms with Gasteiger partial charge in [0.05, 0.1) is 13.2 Å². The molecule has 0 N–H and O–H groups in total. The molecule has 0 unspecified atom stereocenters. The number of esters is 1. The monoisotopic (exact) mass is 351 g/mol. The van der Waals surface area contributed by atoms with Crippen LogP contribution in [0.5, 0.6) is 0 Å². The van der Waals surface area contributed by atoms with Crippen LogP contribution in [0.1, 0.15) is 33.3 Å². The van der Waals surface area contributed by atoms with Gasteiger partial charge in [-0.25, -0.2) is 0 Å². The normalized spacial score (nSPS) is 12.5. The van der Waals surface area contributed by atoms with E-state index in [9.17, 15) is 4.79 Å². The van der Waals surface area contributed by atoms with Gasteiger partial charge < -0.3 is 9.16 Å². The summed E-state index contributed by atoms with van der Waals surface area (Å²) in [4.78, 5) is 14.0. The Balaban J connectivity index is 2.63. The molecule has 0 saturated carbocycles. The quantitative estimate of drug-likeness (QED) is 0.496. The number of hydrogen-bond donors (Lipinski definition) is 0. The van der Waals surface area contributed by atoms with Crippen molar-refractivity contribution in [3.63, 3.8) is 0 Å². The number of nitrogens with zero attached hydrogens (tertiary/aromatic N) is 1. The zero-order chi connectivity index (χ0) is 18.2. The van der Waals surface area contributed by atoms with E-state index in [0.29, 0.717) is 19.8 Å². The van der Waals surface area contributed by atoms with Crippen LogP contribution in [0.15, 0.2) is 30.3 Å². The Bertz CT molecular complexity index is 497. The molecule has 0 aromatic heterocycles. The molecule has 0 heterocycles. The number of carbonyl (C=O) groups is 1. The first-order chi connectivity index (χ1) is 11.2. The lowest BCUT2D eigenvalue weighted by Gasteiger charge is -2.36. The maximum atomic E-state index is 11.9. The fourth-order valence-electron chi connectivity index (χ4n) is 2.09. The molecule has 0 amide bonds. The van der Waals surface area contributed by atoms with Crippen LogP contribution in [0.25, 0.3) is 0 Å². The summed E-state index contributed by atoms with van der Waals surface area (Å²) < 4.78 is 11.3. The molecule has 0 aliphatic carbocycles. The van der Waals surface area contributed by atoms with Gasteiger partial charge in [-0.1, -0.05) is 51.1 Å². The zero-order valence-corrected chi connectivity index (χ0v) is 17.1. The Hall–Kier alpha value is -1.17. The molecule has 1 rings (SSSR count). The van der Waals surface area contributed by atoms with E-state index in [1.807, 2.05) is 25.1 Å². The fourth-order valence-corrected chi connectivity index (χ4v) is 3.13. The van der Waals surface area contributed by atoms with Crippen molar-refractivity contribution in [2.24, 2.45) is 0 Å². The Morgan fingerprint density at radius 1 is 1.17 bits per heavy atom. The van der Waals surface area contributed by atoms with Crippen LogP contribution in [0.3, 0.4) is 0 Å². The minimum atomic E-state index is -1.76. The molecular weight excluding hydrogens is 318 g/mol. The zero-order valence-electron chi connectivity index (χ0n) is 16.1. The van der Waals surface area contributed by atoms with E-state index in [1.165, 1.54) is 5.56 Å². The molecule has 0 saturated heterocycles. The van der Waals surface area contributed by atoms with Crippen molar-refractivity contribution in [1.82, 2.24) is 4.90 Å². The summed E-state index contributed by atoms with van der Waals surface area (Å²) in [5, 5.41) is 0.193. The van der Waals surface area contributed by atoms with Crippen molar-refractivity contribution >= 4 is 14.3 Å². The first-order valence-corrected chi connectivity index (χ1v) is 11.6. The Morgan fingerprint density at radius 3 is 2.33 bits per heavy atom. The average Bonchev–Trinajstić information content (AvgIpc) is 2.47. The lowest BCUT2D eigenvalue weighted by atomic mass is 10.2. The highest BCUT2D eigenvalue weighted by Crippen LogP contribution is 2.36. The maximum absolute atomic E-state index is 11.9. The first kappa shape index (κ1) is 20.9. The van der Waals surface area contributed by atoms with Crippen LogP contribution in [0.4, 0.5) is 0 Å². The molecule has 24 heavy (non-hydrogen) atoms. The molecule has 1 aromatic rings.